The van der Waals surface area contributed by atoms with Crippen molar-refractivity contribution in [3.63, 3.8) is 0 Å². The molecule has 0 saturated carbocycles. The van der Waals surface area contributed by atoms with E-state index in [1.54, 1.807) is 5.48 Å². The molecule has 0 radical (unpaired) electrons. The molecule has 0 aliphatic heterocycles. The van der Waals surface area contributed by atoms with Gasteiger partial charge in [-0.1, -0.05) is 23.2 Å². The van der Waals surface area contributed by atoms with Gasteiger partial charge in [-0.3, -0.25) is 15.7 Å². The van der Waals surface area contributed by atoms with Crippen molar-refractivity contribution >= 4 is 34.7 Å². The Kier molecular flexibility index (Phi) is 4.90. The number of aliphatic imine (C=N–C) groups is 1. The highest BCUT2D eigenvalue weighted by molar-refractivity contribution is 6.36. The fourth-order valence-corrected chi connectivity index (χ4v) is 2.12. The van der Waals surface area contributed by atoms with Crippen LogP contribution in [0, 0.1) is 0 Å². The minimum atomic E-state index is -4.63. The summed E-state index contributed by atoms with van der Waals surface area (Å²) in [5.74, 6) is -0.440. The normalized spacial score (nSPS) is 12.4. The molecule has 9 heteroatoms. The molecule has 2 N–H and O–H groups in total. The van der Waals surface area contributed by atoms with E-state index in [1.807, 2.05) is 0 Å². The highest BCUT2D eigenvalue weighted by Gasteiger charge is 2.34. The van der Waals surface area contributed by atoms with Crippen LogP contribution in [-0.2, 0) is 6.18 Å². The van der Waals surface area contributed by atoms with Crippen LogP contribution in [0.2, 0.25) is 10.0 Å². The van der Waals surface area contributed by atoms with Crippen LogP contribution in [-0.4, -0.2) is 16.0 Å². The van der Waals surface area contributed by atoms with Crippen LogP contribution in [0.25, 0.3) is 0 Å². The number of amidine groups is 1. The monoisotopic (exact) mass is 349 g/mol. The molecule has 1 heterocycles. The molecule has 0 aliphatic rings. The van der Waals surface area contributed by atoms with Gasteiger partial charge in [0.1, 0.15) is 0 Å². The minimum absolute atomic E-state index is 0.123. The van der Waals surface area contributed by atoms with Crippen LogP contribution in [0.1, 0.15) is 11.1 Å². The van der Waals surface area contributed by atoms with E-state index in [1.165, 1.54) is 18.2 Å². The lowest BCUT2D eigenvalue weighted by Gasteiger charge is -2.13. The number of alkyl halides is 3. The first-order valence-corrected chi connectivity index (χ1v) is 6.54. The summed E-state index contributed by atoms with van der Waals surface area (Å²) in [6, 6.07) is 5.04. The molecule has 1 aromatic heterocycles. The summed E-state index contributed by atoms with van der Waals surface area (Å²) in [4.78, 5) is 7.51. The van der Waals surface area contributed by atoms with E-state index in [0.717, 1.165) is 18.5 Å². The average Bonchev–Trinajstić information content (AvgIpc) is 2.46. The minimum Gasteiger partial charge on any atom is -0.290 e. The van der Waals surface area contributed by atoms with E-state index < -0.39 is 23.1 Å². The van der Waals surface area contributed by atoms with Crippen molar-refractivity contribution in [1.82, 2.24) is 10.5 Å². The lowest BCUT2D eigenvalue weighted by molar-refractivity contribution is -0.137. The van der Waals surface area contributed by atoms with Crippen molar-refractivity contribution in [2.45, 2.75) is 6.18 Å². The van der Waals surface area contributed by atoms with Gasteiger partial charge in [-0.25, -0.2) is 4.99 Å². The van der Waals surface area contributed by atoms with Gasteiger partial charge in [0.25, 0.3) is 0 Å². The average molecular weight is 350 g/mol. The number of halogens is 5. The predicted molar refractivity (Wildman–Crippen MR) is 76.8 cm³/mol. The van der Waals surface area contributed by atoms with E-state index >= 15 is 0 Å². The van der Waals surface area contributed by atoms with Gasteiger partial charge in [-0.05, 0) is 24.3 Å². The van der Waals surface area contributed by atoms with Gasteiger partial charge in [-0.15, -0.1) is 0 Å². The lowest BCUT2D eigenvalue weighted by atomic mass is 10.1. The van der Waals surface area contributed by atoms with Crippen molar-refractivity contribution in [3.8, 4) is 0 Å². The molecule has 0 bridgehead atoms. The van der Waals surface area contributed by atoms with Gasteiger partial charge >= 0.3 is 6.18 Å². The molecule has 22 heavy (non-hydrogen) atoms. The molecule has 2 rings (SSSR count). The molecule has 4 nitrogen and oxygen atoms in total. The first-order valence-electron chi connectivity index (χ1n) is 5.78. The Labute approximate surface area is 133 Å². The SMILES string of the molecule is ONC(=Nc1ccc(Cl)cc1Cl)c1cnccc1C(F)(F)F. The van der Waals surface area contributed by atoms with Gasteiger partial charge in [0.15, 0.2) is 5.84 Å². The maximum atomic E-state index is 13.0. The Balaban J connectivity index is 2.56. The molecule has 0 atom stereocenters. The molecule has 116 valence electrons. The number of nitrogens with zero attached hydrogens (tertiary/aromatic N) is 2. The maximum Gasteiger partial charge on any atom is 0.417 e. The van der Waals surface area contributed by atoms with Crippen molar-refractivity contribution in [2.75, 3.05) is 0 Å². The fraction of sp³-hybridized carbons (Fsp3) is 0.0769. The third kappa shape index (κ3) is 3.68. The van der Waals surface area contributed by atoms with Crippen molar-refractivity contribution in [1.29, 1.82) is 0 Å². The zero-order valence-corrected chi connectivity index (χ0v) is 12.2. The third-order valence-electron chi connectivity index (χ3n) is 2.63. The van der Waals surface area contributed by atoms with Gasteiger partial charge < -0.3 is 0 Å². The number of nitrogens with one attached hydrogen (secondary N) is 1. The fourth-order valence-electron chi connectivity index (χ4n) is 1.67. The van der Waals surface area contributed by atoms with E-state index in [2.05, 4.69) is 9.98 Å². The summed E-state index contributed by atoms with van der Waals surface area (Å²) in [6.07, 6.45) is -2.69. The summed E-state index contributed by atoms with van der Waals surface area (Å²) >= 11 is 11.6. The maximum absolute atomic E-state index is 13.0. The Morgan fingerprint density at radius 3 is 2.55 bits per heavy atom. The first kappa shape index (κ1) is 16.5. The highest BCUT2D eigenvalue weighted by Crippen LogP contribution is 2.33. The Morgan fingerprint density at radius 1 is 1.23 bits per heavy atom. The summed E-state index contributed by atoms with van der Waals surface area (Å²) in [7, 11) is 0. The second kappa shape index (κ2) is 6.51. The summed E-state index contributed by atoms with van der Waals surface area (Å²) in [5.41, 5.74) is 0.372. The number of hydrogen-bond donors (Lipinski definition) is 2. The van der Waals surface area contributed by atoms with Crippen LogP contribution in [0.15, 0.2) is 41.7 Å². The Morgan fingerprint density at radius 2 is 1.95 bits per heavy atom. The third-order valence-corrected chi connectivity index (χ3v) is 3.17. The van der Waals surface area contributed by atoms with Crippen LogP contribution in [0.3, 0.4) is 0 Å². The quantitative estimate of drug-likeness (QED) is 0.478. The summed E-state index contributed by atoms with van der Waals surface area (Å²) in [6.45, 7) is 0. The summed E-state index contributed by atoms with van der Waals surface area (Å²) in [5, 5.41) is 9.60. The topological polar surface area (TPSA) is 57.5 Å². The zero-order chi connectivity index (χ0) is 16.3. The van der Waals surface area contributed by atoms with Gasteiger partial charge in [0, 0.05) is 23.0 Å². The first-order chi connectivity index (χ1) is 10.3. The second-order valence-corrected chi connectivity index (χ2v) is 4.93. The van der Waals surface area contributed by atoms with E-state index in [0.29, 0.717) is 5.02 Å². The summed E-state index contributed by atoms with van der Waals surface area (Å²) < 4.78 is 38.9. The van der Waals surface area contributed by atoms with Crippen LogP contribution >= 0.6 is 23.2 Å². The number of rotatable bonds is 2. The van der Waals surface area contributed by atoms with Crippen LogP contribution in [0.5, 0.6) is 0 Å². The van der Waals surface area contributed by atoms with Gasteiger partial charge in [0.2, 0.25) is 0 Å². The van der Waals surface area contributed by atoms with Crippen LogP contribution < -0.4 is 5.48 Å². The molecular weight excluding hydrogens is 342 g/mol. The molecule has 0 spiro atoms. The largest absolute Gasteiger partial charge is 0.417 e. The zero-order valence-electron chi connectivity index (χ0n) is 10.7. The Bertz CT molecular complexity index is 720. The molecule has 0 aliphatic carbocycles. The number of pyridine rings is 1. The molecule has 2 aromatic rings. The molecule has 0 saturated heterocycles. The van der Waals surface area contributed by atoms with Crippen molar-refractivity contribution in [2.24, 2.45) is 4.99 Å². The molecule has 1 aromatic carbocycles. The van der Waals surface area contributed by atoms with Crippen LogP contribution in [0.4, 0.5) is 18.9 Å². The number of benzene rings is 1. The van der Waals surface area contributed by atoms with E-state index in [-0.39, 0.29) is 10.7 Å². The number of hydrogen-bond acceptors (Lipinski definition) is 3. The van der Waals surface area contributed by atoms with E-state index in [9.17, 15) is 13.2 Å². The second-order valence-electron chi connectivity index (χ2n) is 4.09. The molecular formula is C13H8Cl2F3N3O. The lowest BCUT2D eigenvalue weighted by Crippen LogP contribution is -2.24. The predicted octanol–water partition coefficient (Wildman–Crippen LogP) is 4.46. The van der Waals surface area contributed by atoms with Gasteiger partial charge in [-0.2, -0.15) is 13.2 Å². The van der Waals surface area contributed by atoms with E-state index in [4.69, 9.17) is 28.4 Å². The van der Waals surface area contributed by atoms with Gasteiger partial charge in [0.05, 0.1) is 16.3 Å². The smallest absolute Gasteiger partial charge is 0.290 e. The molecule has 0 fully saturated rings. The molecule has 0 amide bonds. The Hall–Kier alpha value is -1.83. The van der Waals surface area contributed by atoms with Crippen molar-refractivity contribution in [3.05, 3.63) is 57.8 Å². The number of aromatic nitrogens is 1. The molecule has 0 unspecified atom stereocenters. The highest BCUT2D eigenvalue weighted by atomic mass is 35.5. The number of hydroxylamine groups is 1. The standard InChI is InChI=1S/C13H8Cl2F3N3O/c14-7-1-2-11(10(15)5-7)20-12(21-22)8-6-19-4-3-9(8)13(16,17)18/h1-6,22H,(H,20,21). The van der Waals surface area contributed by atoms with Crippen molar-refractivity contribution < 1.29 is 18.4 Å².